The zero-order valence-electron chi connectivity index (χ0n) is 7.40. The van der Waals surface area contributed by atoms with Crippen molar-refractivity contribution in [2.24, 2.45) is 5.92 Å². The second-order valence-electron chi connectivity index (χ2n) is 3.24. The number of hydrogen-bond donors (Lipinski definition) is 4. The lowest BCUT2D eigenvalue weighted by molar-refractivity contribution is 0.0198. The molecule has 0 spiro atoms. The average molecular weight is 226 g/mol. The summed E-state index contributed by atoms with van der Waals surface area (Å²) in [5.74, 6) is 2.38. The van der Waals surface area contributed by atoms with E-state index in [1.807, 2.05) is 6.92 Å². The summed E-state index contributed by atoms with van der Waals surface area (Å²) in [6, 6.07) is 0. The van der Waals surface area contributed by atoms with Crippen LogP contribution in [0.2, 0.25) is 0 Å². The smallest absolute Gasteiger partial charge is 0.0735 e. The molecule has 0 aliphatic heterocycles. The molecular weight excluding hydrogens is 208 g/mol. The van der Waals surface area contributed by atoms with Gasteiger partial charge >= 0.3 is 0 Å². The van der Waals surface area contributed by atoms with E-state index in [0.717, 1.165) is 24.3 Å². The highest BCUT2D eigenvalue weighted by Crippen LogP contribution is 2.25. The van der Waals surface area contributed by atoms with Crippen LogP contribution in [0.3, 0.4) is 0 Å². The third-order valence-electron chi connectivity index (χ3n) is 2.15. The van der Waals surface area contributed by atoms with E-state index < -0.39 is 5.60 Å². The fraction of sp³-hybridized carbons (Fsp3) is 1.00. The average Bonchev–Trinajstić information content (AvgIpc) is 2.04. The van der Waals surface area contributed by atoms with Crippen molar-refractivity contribution in [1.29, 1.82) is 0 Å². The van der Waals surface area contributed by atoms with Crippen LogP contribution in [-0.2, 0) is 0 Å². The Morgan fingerprint density at radius 1 is 1.17 bits per heavy atom. The maximum Gasteiger partial charge on any atom is 0.0735 e. The molecule has 1 nitrogen and oxygen atoms in total. The van der Waals surface area contributed by atoms with Crippen molar-refractivity contribution in [3.63, 3.8) is 0 Å². The summed E-state index contributed by atoms with van der Waals surface area (Å²) in [5, 5.41) is 9.90. The van der Waals surface area contributed by atoms with Crippen molar-refractivity contribution in [2.75, 3.05) is 17.3 Å². The van der Waals surface area contributed by atoms with Gasteiger partial charge < -0.3 is 5.11 Å². The first kappa shape index (κ1) is 13.0. The summed E-state index contributed by atoms with van der Waals surface area (Å²) < 4.78 is 0. The lowest BCUT2D eigenvalue weighted by Gasteiger charge is -2.31. The maximum absolute atomic E-state index is 9.90. The van der Waals surface area contributed by atoms with Crippen LogP contribution in [0.5, 0.6) is 0 Å². The summed E-state index contributed by atoms with van der Waals surface area (Å²) in [4.78, 5) is 0. The molecule has 0 radical (unpaired) electrons. The highest BCUT2D eigenvalue weighted by molar-refractivity contribution is 7.80. The molecule has 0 heterocycles. The highest BCUT2D eigenvalue weighted by atomic mass is 32.1. The van der Waals surface area contributed by atoms with Gasteiger partial charge in [-0.15, -0.1) is 0 Å². The monoisotopic (exact) mass is 226 g/mol. The fourth-order valence-corrected chi connectivity index (χ4v) is 2.09. The van der Waals surface area contributed by atoms with Crippen LogP contribution in [-0.4, -0.2) is 28.0 Å². The zero-order chi connectivity index (χ0) is 9.61. The van der Waals surface area contributed by atoms with E-state index in [9.17, 15) is 5.11 Å². The Morgan fingerprint density at radius 3 is 1.83 bits per heavy atom. The van der Waals surface area contributed by atoms with Crippen LogP contribution >= 0.6 is 37.9 Å². The fourth-order valence-electron chi connectivity index (χ4n) is 1.21. The van der Waals surface area contributed by atoms with E-state index in [0.29, 0.717) is 5.75 Å². The second-order valence-corrected chi connectivity index (χ2v) is 4.45. The van der Waals surface area contributed by atoms with E-state index in [1.165, 1.54) is 0 Å². The van der Waals surface area contributed by atoms with Gasteiger partial charge in [-0.05, 0) is 37.2 Å². The van der Waals surface area contributed by atoms with E-state index in [4.69, 9.17) is 0 Å². The Labute approximate surface area is 91.6 Å². The van der Waals surface area contributed by atoms with Crippen LogP contribution in [0, 0.1) is 5.92 Å². The van der Waals surface area contributed by atoms with Crippen LogP contribution < -0.4 is 0 Å². The third kappa shape index (κ3) is 4.30. The van der Waals surface area contributed by atoms with E-state index >= 15 is 0 Å². The number of hydrogen-bond acceptors (Lipinski definition) is 4. The van der Waals surface area contributed by atoms with Crippen molar-refractivity contribution in [2.45, 2.75) is 25.4 Å². The first-order chi connectivity index (χ1) is 5.58. The molecule has 0 bridgehead atoms. The summed E-state index contributed by atoms with van der Waals surface area (Å²) in [5.41, 5.74) is -0.672. The Morgan fingerprint density at radius 2 is 1.58 bits per heavy atom. The standard InChI is InChI=1S/C8H18OS3/c1-8(9,6-12)7(2-4-10)3-5-11/h7,9-12H,2-6H2,1H3. The minimum atomic E-state index is -0.672. The van der Waals surface area contributed by atoms with Crippen molar-refractivity contribution < 1.29 is 5.11 Å². The molecule has 0 rings (SSSR count). The Hall–Kier alpha value is 1.01. The molecule has 0 aliphatic carbocycles. The second kappa shape index (κ2) is 6.46. The number of thiol groups is 3. The summed E-state index contributed by atoms with van der Waals surface area (Å²) >= 11 is 12.5. The molecule has 1 atom stereocenters. The first-order valence-corrected chi connectivity index (χ1v) is 6.03. The predicted octanol–water partition coefficient (Wildman–Crippen LogP) is 1.92. The van der Waals surface area contributed by atoms with Crippen molar-refractivity contribution in [3.05, 3.63) is 0 Å². The van der Waals surface area contributed by atoms with Gasteiger partial charge in [0.25, 0.3) is 0 Å². The maximum atomic E-state index is 9.90. The SMILES string of the molecule is CC(O)(CS)C(CCS)CCS. The van der Waals surface area contributed by atoms with Gasteiger partial charge in [0.15, 0.2) is 0 Å². The largest absolute Gasteiger partial charge is 0.389 e. The van der Waals surface area contributed by atoms with Gasteiger partial charge in [0, 0.05) is 5.75 Å². The zero-order valence-corrected chi connectivity index (χ0v) is 10.1. The summed E-state index contributed by atoms with van der Waals surface area (Å²) in [7, 11) is 0. The van der Waals surface area contributed by atoms with Gasteiger partial charge in [-0.2, -0.15) is 37.9 Å². The van der Waals surface area contributed by atoms with Crippen LogP contribution in [0.1, 0.15) is 19.8 Å². The van der Waals surface area contributed by atoms with E-state index in [1.54, 1.807) is 0 Å². The quantitative estimate of drug-likeness (QED) is 0.510. The topological polar surface area (TPSA) is 20.2 Å². The molecule has 0 aromatic carbocycles. The molecule has 0 aromatic heterocycles. The summed E-state index contributed by atoms with van der Waals surface area (Å²) in [6.45, 7) is 1.83. The van der Waals surface area contributed by atoms with Gasteiger partial charge in [0.05, 0.1) is 5.60 Å². The number of rotatable bonds is 6. The molecule has 12 heavy (non-hydrogen) atoms. The molecule has 0 fully saturated rings. The van der Waals surface area contributed by atoms with E-state index in [-0.39, 0.29) is 5.92 Å². The minimum absolute atomic E-state index is 0.269. The van der Waals surface area contributed by atoms with Crippen molar-refractivity contribution in [3.8, 4) is 0 Å². The molecule has 74 valence electrons. The lowest BCUT2D eigenvalue weighted by atomic mass is 9.86. The molecule has 0 aromatic rings. The molecule has 0 aliphatic rings. The third-order valence-corrected chi connectivity index (χ3v) is 3.31. The Kier molecular flexibility index (Phi) is 7.01. The van der Waals surface area contributed by atoms with Crippen LogP contribution in [0.4, 0.5) is 0 Å². The molecule has 0 saturated heterocycles. The Balaban J connectivity index is 4.07. The van der Waals surface area contributed by atoms with Gasteiger partial charge in [-0.25, -0.2) is 0 Å². The van der Waals surface area contributed by atoms with Gasteiger partial charge in [-0.1, -0.05) is 0 Å². The van der Waals surface area contributed by atoms with Gasteiger partial charge in [0.1, 0.15) is 0 Å². The van der Waals surface area contributed by atoms with E-state index in [2.05, 4.69) is 37.9 Å². The first-order valence-electron chi connectivity index (χ1n) is 4.13. The Bertz CT molecular complexity index is 111. The summed E-state index contributed by atoms with van der Waals surface area (Å²) in [6.07, 6.45) is 1.86. The minimum Gasteiger partial charge on any atom is -0.389 e. The van der Waals surface area contributed by atoms with Crippen molar-refractivity contribution >= 4 is 37.9 Å². The van der Waals surface area contributed by atoms with Crippen LogP contribution in [0.25, 0.3) is 0 Å². The molecule has 0 amide bonds. The van der Waals surface area contributed by atoms with Crippen LogP contribution in [0.15, 0.2) is 0 Å². The van der Waals surface area contributed by atoms with Gasteiger partial charge in [-0.3, -0.25) is 0 Å². The normalized spacial score (nSPS) is 16.5. The molecule has 4 heteroatoms. The molecular formula is C8H18OS3. The molecule has 0 saturated carbocycles. The van der Waals surface area contributed by atoms with Crippen molar-refractivity contribution in [1.82, 2.24) is 0 Å². The molecule has 1 unspecified atom stereocenters. The van der Waals surface area contributed by atoms with Gasteiger partial charge in [0.2, 0.25) is 0 Å². The lowest BCUT2D eigenvalue weighted by Crippen LogP contribution is -2.37. The number of aliphatic hydroxyl groups is 1. The molecule has 1 N–H and O–H groups in total. The highest BCUT2D eigenvalue weighted by Gasteiger charge is 2.28. The predicted molar refractivity (Wildman–Crippen MR) is 64.9 cm³/mol.